The maximum Gasteiger partial charge on any atom is 0.335 e. The van der Waals surface area contributed by atoms with Crippen molar-refractivity contribution < 1.29 is 49.8 Å². The minimum absolute atomic E-state index is 0.0407. The van der Waals surface area contributed by atoms with Gasteiger partial charge in [0.25, 0.3) is 0 Å². The van der Waals surface area contributed by atoms with Crippen molar-refractivity contribution >= 4 is 55.1 Å². The van der Waals surface area contributed by atoms with E-state index in [2.05, 4.69) is 22.0 Å². The molecule has 0 aliphatic heterocycles. The van der Waals surface area contributed by atoms with Crippen LogP contribution in [0.1, 0.15) is 83.0 Å². The van der Waals surface area contributed by atoms with Gasteiger partial charge in [0.2, 0.25) is 15.9 Å². The van der Waals surface area contributed by atoms with Crippen LogP contribution in [0.5, 0.6) is 5.75 Å². The van der Waals surface area contributed by atoms with E-state index < -0.39 is 73.4 Å². The highest BCUT2D eigenvalue weighted by Gasteiger charge is 2.39. The van der Waals surface area contributed by atoms with Crippen molar-refractivity contribution in [2.75, 3.05) is 11.4 Å². The van der Waals surface area contributed by atoms with E-state index in [1.54, 1.807) is 0 Å². The zero-order valence-corrected chi connectivity index (χ0v) is 31.4. The summed E-state index contributed by atoms with van der Waals surface area (Å²) in [5.74, 6) is -11.2. The lowest BCUT2D eigenvalue weighted by Crippen LogP contribution is -2.43. The molecular weight excluding hydrogens is 823 g/mol. The topological polar surface area (TPSA) is 104 Å². The van der Waals surface area contributed by atoms with E-state index in [1.807, 2.05) is 12.1 Å². The van der Waals surface area contributed by atoms with Gasteiger partial charge in [-0.3, -0.25) is 4.79 Å². The number of anilines is 1. The molecule has 0 bridgehead atoms. The minimum atomic E-state index is -5.43. The maximum absolute atomic E-state index is 15.3. The number of carbonyl (C=O) groups excluding carboxylic acids is 1. The van der Waals surface area contributed by atoms with E-state index in [9.17, 15) is 40.7 Å². The number of amides is 1. The fourth-order valence-corrected chi connectivity index (χ4v) is 8.87. The van der Waals surface area contributed by atoms with Crippen LogP contribution in [0.25, 0.3) is 0 Å². The monoisotopic (exact) mass is 852 g/mol. The number of benzene rings is 4. The number of halogens is 7. The molecule has 0 unspecified atom stereocenters. The van der Waals surface area contributed by atoms with Gasteiger partial charge in [-0.1, -0.05) is 35.9 Å². The molecule has 3 fully saturated rings. The summed E-state index contributed by atoms with van der Waals surface area (Å²) in [6.45, 7) is -2.07. The molecule has 3 aliphatic rings. The summed E-state index contributed by atoms with van der Waals surface area (Å²) in [6.07, 6.45) is 5.10. The fraction of sp³-hybridized carbons (Fsp3) is 0.316. The molecule has 1 amide bonds. The summed E-state index contributed by atoms with van der Waals surface area (Å²) in [4.78, 5) is 26.2. The van der Waals surface area contributed by atoms with Gasteiger partial charge >= 0.3 is 5.97 Å². The van der Waals surface area contributed by atoms with Crippen molar-refractivity contribution in [3.05, 3.63) is 121 Å². The lowest BCUT2D eigenvalue weighted by atomic mass is 9.99. The second-order valence-electron chi connectivity index (χ2n) is 13.7. The highest BCUT2D eigenvalue weighted by molar-refractivity contribution is 9.10. The van der Waals surface area contributed by atoms with Crippen molar-refractivity contribution in [3.63, 3.8) is 0 Å². The molecule has 0 aromatic heterocycles. The van der Waals surface area contributed by atoms with Crippen LogP contribution < -0.4 is 9.64 Å². The normalized spacial score (nSPS) is 15.8. The molecular formula is C38H31BrClF5N2O6S. The van der Waals surface area contributed by atoms with Crippen LogP contribution in [0.4, 0.5) is 27.6 Å². The predicted molar refractivity (Wildman–Crippen MR) is 192 cm³/mol. The Labute approximate surface area is 320 Å². The third-order valence-corrected chi connectivity index (χ3v) is 12.7. The van der Waals surface area contributed by atoms with Gasteiger partial charge in [-0.25, -0.2) is 35.2 Å². The molecule has 3 aliphatic carbocycles. The van der Waals surface area contributed by atoms with Crippen LogP contribution in [-0.4, -0.2) is 42.4 Å². The van der Waals surface area contributed by atoms with Crippen LogP contribution >= 0.6 is 27.5 Å². The summed E-state index contributed by atoms with van der Waals surface area (Å²) in [5.41, 5.74) is 2.79. The number of sulfonamides is 1. The van der Waals surface area contributed by atoms with E-state index in [1.165, 1.54) is 23.1 Å². The average Bonchev–Trinajstić information content (AvgIpc) is 3.96. The number of nitrogens with zero attached hydrogens (tertiary/aromatic N) is 2. The van der Waals surface area contributed by atoms with E-state index in [0.29, 0.717) is 34.5 Å². The molecule has 54 heavy (non-hydrogen) atoms. The molecule has 0 radical (unpaired) electrons. The second-order valence-corrected chi connectivity index (χ2v) is 16.8. The molecule has 16 heteroatoms. The van der Waals surface area contributed by atoms with E-state index in [-0.39, 0.29) is 40.2 Å². The third-order valence-electron chi connectivity index (χ3n) is 9.53. The standard InChI is InChI=1S/C38H31BrClF5N2O6S/c39-32-33(42)34(43)35(44)36(45)37(32)54(51,52)46(17-23-5-7-26(41)15-28(23)40)18-31(48)47(29-10-6-22(38(49)50)14-30(29)53-27-8-9-27)16-19-11-24(20-1-2-20)13-25(12-19)21-3-4-21/h5-7,10-15,20-21,27H,1-4,8-9,16-18H2,(H,49,50). The maximum atomic E-state index is 15.3. The number of carbonyl (C=O) groups is 2. The van der Waals surface area contributed by atoms with E-state index >= 15 is 4.39 Å². The molecule has 3 saturated carbocycles. The van der Waals surface area contributed by atoms with Crippen molar-refractivity contribution in [2.45, 2.75) is 74.4 Å². The van der Waals surface area contributed by atoms with Gasteiger partial charge in [0.1, 0.15) is 16.5 Å². The fourth-order valence-electron chi connectivity index (χ4n) is 6.20. The summed E-state index contributed by atoms with van der Waals surface area (Å²) >= 11 is 8.78. The smallest absolute Gasteiger partial charge is 0.335 e. The van der Waals surface area contributed by atoms with Gasteiger partial charge in [-0.15, -0.1) is 0 Å². The first kappa shape index (κ1) is 38.2. The Balaban J connectivity index is 1.35. The van der Waals surface area contributed by atoms with E-state index in [4.69, 9.17) is 16.3 Å². The average molecular weight is 854 g/mol. The first-order valence-electron chi connectivity index (χ1n) is 17.1. The van der Waals surface area contributed by atoms with Crippen molar-refractivity contribution in [1.82, 2.24) is 4.31 Å². The van der Waals surface area contributed by atoms with Crippen molar-refractivity contribution in [1.29, 1.82) is 0 Å². The van der Waals surface area contributed by atoms with Crippen molar-refractivity contribution in [3.8, 4) is 5.75 Å². The number of rotatable bonds is 14. The lowest BCUT2D eigenvalue weighted by molar-refractivity contribution is -0.119. The Morgan fingerprint density at radius 2 is 1.44 bits per heavy atom. The molecule has 4 aromatic rings. The Kier molecular flexibility index (Phi) is 10.5. The number of aromatic carboxylic acids is 1. The lowest BCUT2D eigenvalue weighted by Gasteiger charge is -2.29. The Hall–Kier alpha value is -4.05. The second kappa shape index (κ2) is 14.9. The quantitative estimate of drug-likeness (QED) is 0.0771. The first-order valence-corrected chi connectivity index (χ1v) is 19.7. The number of carboxylic acids is 1. The van der Waals surface area contributed by atoms with Gasteiger partial charge in [-0.2, -0.15) is 4.31 Å². The predicted octanol–water partition coefficient (Wildman–Crippen LogP) is 9.22. The Morgan fingerprint density at radius 1 is 0.815 bits per heavy atom. The molecule has 0 saturated heterocycles. The van der Waals surface area contributed by atoms with Crippen molar-refractivity contribution in [2.24, 2.45) is 0 Å². The third kappa shape index (κ3) is 8.00. The highest BCUT2D eigenvalue weighted by Crippen LogP contribution is 2.46. The van der Waals surface area contributed by atoms with Gasteiger partial charge in [0, 0.05) is 11.6 Å². The number of carboxylic acid groups (broad SMARTS) is 1. The van der Waals surface area contributed by atoms with E-state index in [0.717, 1.165) is 55.0 Å². The largest absolute Gasteiger partial charge is 0.488 e. The molecule has 0 spiro atoms. The van der Waals surface area contributed by atoms with Crippen LogP contribution in [0.2, 0.25) is 5.02 Å². The molecule has 4 aromatic carbocycles. The zero-order valence-electron chi connectivity index (χ0n) is 28.2. The minimum Gasteiger partial charge on any atom is -0.488 e. The van der Waals surface area contributed by atoms with Crippen LogP contribution in [0, 0.1) is 29.1 Å². The highest BCUT2D eigenvalue weighted by atomic mass is 79.9. The molecule has 8 nitrogen and oxygen atoms in total. The SMILES string of the molecule is O=C(O)c1ccc(N(Cc2cc(C3CC3)cc(C3CC3)c2)C(=O)CN(Cc2ccc(F)cc2Cl)S(=O)(=O)c2c(F)c(F)c(F)c(F)c2Br)c(OC2CC2)c1. The summed E-state index contributed by atoms with van der Waals surface area (Å²) in [7, 11) is -5.43. The van der Waals surface area contributed by atoms with Crippen LogP contribution in [0.3, 0.4) is 0 Å². The Bertz CT molecular complexity index is 2240. The molecule has 1 N–H and O–H groups in total. The first-order chi connectivity index (χ1) is 25.6. The van der Waals surface area contributed by atoms with Gasteiger partial charge in [-0.05, 0) is 119 Å². The molecule has 284 valence electrons. The number of hydrogen-bond acceptors (Lipinski definition) is 5. The van der Waals surface area contributed by atoms with Crippen LogP contribution in [0.15, 0.2) is 64.0 Å². The van der Waals surface area contributed by atoms with Gasteiger partial charge < -0.3 is 14.7 Å². The number of ether oxygens (including phenoxy) is 1. The van der Waals surface area contributed by atoms with Gasteiger partial charge in [0.05, 0.1) is 34.9 Å². The molecule has 0 atom stereocenters. The Morgan fingerprint density at radius 3 is 2.02 bits per heavy atom. The summed E-state index contributed by atoms with van der Waals surface area (Å²) in [6, 6.07) is 12.9. The van der Waals surface area contributed by atoms with Crippen LogP contribution in [-0.2, 0) is 27.9 Å². The molecule has 0 heterocycles. The zero-order chi connectivity index (χ0) is 38.6. The van der Waals surface area contributed by atoms with Gasteiger partial charge in [0.15, 0.2) is 23.3 Å². The number of hydrogen-bond donors (Lipinski definition) is 1. The summed E-state index contributed by atoms with van der Waals surface area (Å²) < 4.78 is 106. The summed E-state index contributed by atoms with van der Waals surface area (Å²) in [5, 5.41) is 9.48. The molecule has 7 rings (SSSR count).